The lowest BCUT2D eigenvalue weighted by Crippen LogP contribution is -2.63. The summed E-state index contributed by atoms with van der Waals surface area (Å²) in [7, 11) is 0. The van der Waals surface area contributed by atoms with Crippen molar-refractivity contribution in [3.63, 3.8) is 0 Å². The van der Waals surface area contributed by atoms with Crippen LogP contribution in [0.1, 0.15) is 99.8 Å². The molecular formula is C51H66O30. The highest BCUT2D eigenvalue weighted by Crippen LogP contribution is 2.35. The van der Waals surface area contributed by atoms with Crippen LogP contribution in [0.5, 0.6) is 0 Å². The van der Waals surface area contributed by atoms with Crippen LogP contribution in [0.4, 0.5) is 0 Å². The van der Waals surface area contributed by atoms with E-state index in [-0.39, 0.29) is 16.7 Å². The van der Waals surface area contributed by atoms with Crippen molar-refractivity contribution < 1.29 is 143 Å². The van der Waals surface area contributed by atoms with Gasteiger partial charge in [-0.1, -0.05) is 18.2 Å². The first-order chi connectivity index (χ1) is 38.0. The van der Waals surface area contributed by atoms with Crippen molar-refractivity contribution in [2.75, 3.05) is 19.8 Å². The highest BCUT2D eigenvalue weighted by atomic mass is 16.8. The molecule has 3 heterocycles. The molecule has 0 bridgehead atoms. The lowest BCUT2D eigenvalue weighted by Gasteiger charge is -2.44. The second-order valence-corrected chi connectivity index (χ2v) is 18.2. The number of benzene rings is 1. The number of rotatable bonds is 24. The number of hydrogen-bond acceptors (Lipinski definition) is 30. The van der Waals surface area contributed by atoms with E-state index in [1.54, 1.807) is 0 Å². The molecule has 15 atom stereocenters. The molecule has 81 heavy (non-hydrogen) atoms. The number of carbonyl (C=O) groups is 12. The average Bonchev–Trinajstić information content (AvgIpc) is 3.37. The molecule has 0 N–H and O–H groups in total. The van der Waals surface area contributed by atoms with Crippen molar-refractivity contribution in [1.82, 2.24) is 0 Å². The smallest absolute Gasteiger partial charge is 0.303 e. The van der Waals surface area contributed by atoms with E-state index in [2.05, 4.69) is 0 Å². The first kappa shape index (κ1) is 66.1. The summed E-state index contributed by atoms with van der Waals surface area (Å²) in [4.78, 5) is 148. The first-order valence-corrected chi connectivity index (χ1v) is 24.9. The van der Waals surface area contributed by atoms with E-state index in [9.17, 15) is 57.5 Å². The number of ether oxygens (including phenoxy) is 18. The Labute approximate surface area is 463 Å². The van der Waals surface area contributed by atoms with Crippen LogP contribution in [0.25, 0.3) is 0 Å². The summed E-state index contributed by atoms with van der Waals surface area (Å²) in [6.45, 7) is 9.27. The number of hydrogen-bond donors (Lipinski definition) is 0. The molecule has 1 aromatic rings. The Balaban J connectivity index is 1.86. The molecule has 3 saturated heterocycles. The topological polar surface area (TPSA) is 371 Å². The molecule has 0 radical (unpaired) electrons. The molecule has 0 aromatic heterocycles. The van der Waals surface area contributed by atoms with Crippen LogP contribution in [0, 0.1) is 0 Å². The van der Waals surface area contributed by atoms with Gasteiger partial charge in [0.1, 0.15) is 38.1 Å². The van der Waals surface area contributed by atoms with Gasteiger partial charge in [-0.15, -0.1) is 0 Å². The van der Waals surface area contributed by atoms with E-state index >= 15 is 0 Å². The average molecular weight is 1160 g/mol. The molecule has 0 unspecified atom stereocenters. The van der Waals surface area contributed by atoms with E-state index in [1.165, 1.54) is 18.2 Å². The second kappa shape index (κ2) is 31.0. The number of esters is 12. The van der Waals surface area contributed by atoms with Crippen LogP contribution in [0.2, 0.25) is 0 Å². The quantitative estimate of drug-likeness (QED) is 0.100. The monoisotopic (exact) mass is 1160 g/mol. The minimum atomic E-state index is -1.73. The molecule has 1 aromatic carbocycles. The largest absolute Gasteiger partial charge is 0.463 e. The molecule has 3 aliphatic rings. The third-order valence-corrected chi connectivity index (χ3v) is 11.3. The molecule has 0 amide bonds. The van der Waals surface area contributed by atoms with E-state index in [1.807, 2.05) is 0 Å². The van der Waals surface area contributed by atoms with Crippen LogP contribution in [0.3, 0.4) is 0 Å². The summed E-state index contributed by atoms with van der Waals surface area (Å²) in [5, 5.41) is 0. The van der Waals surface area contributed by atoms with Gasteiger partial charge in [0.05, 0.1) is 19.8 Å². The predicted molar refractivity (Wildman–Crippen MR) is 257 cm³/mol. The molecule has 30 nitrogen and oxygen atoms in total. The summed E-state index contributed by atoms with van der Waals surface area (Å²) in [6.07, 6.45) is -23.6. The second-order valence-electron chi connectivity index (χ2n) is 18.2. The highest BCUT2D eigenvalue weighted by molar-refractivity contribution is 5.71. The third-order valence-electron chi connectivity index (χ3n) is 11.3. The molecule has 450 valence electrons. The lowest BCUT2D eigenvalue weighted by atomic mass is 9.97. The predicted octanol–water partition coefficient (Wildman–Crippen LogP) is 0.486. The fraction of sp³-hybridized carbons (Fsp3) is 0.647. The Kier molecular flexibility index (Phi) is 25.3. The van der Waals surface area contributed by atoms with Gasteiger partial charge in [-0.25, -0.2) is 0 Å². The van der Waals surface area contributed by atoms with Gasteiger partial charge in [0, 0.05) is 83.1 Å². The Morgan fingerprint density at radius 2 is 0.556 bits per heavy atom. The zero-order valence-corrected chi connectivity index (χ0v) is 46.4. The molecule has 0 aliphatic carbocycles. The van der Waals surface area contributed by atoms with Crippen molar-refractivity contribution in [3.05, 3.63) is 34.9 Å². The van der Waals surface area contributed by atoms with Gasteiger partial charge in [0.2, 0.25) is 0 Å². The summed E-state index contributed by atoms with van der Waals surface area (Å²) in [5.74, 6) is -10.5. The first-order valence-electron chi connectivity index (χ1n) is 24.9. The van der Waals surface area contributed by atoms with Gasteiger partial charge in [-0.3, -0.25) is 57.5 Å². The highest BCUT2D eigenvalue weighted by Gasteiger charge is 2.56. The van der Waals surface area contributed by atoms with Gasteiger partial charge in [-0.05, 0) is 16.7 Å². The minimum absolute atomic E-state index is 0.163. The zero-order chi connectivity index (χ0) is 60.4. The van der Waals surface area contributed by atoms with Crippen LogP contribution < -0.4 is 0 Å². The zero-order valence-electron chi connectivity index (χ0n) is 46.4. The summed E-state index contributed by atoms with van der Waals surface area (Å²) < 4.78 is 102. The van der Waals surface area contributed by atoms with Crippen LogP contribution in [-0.4, -0.2) is 184 Å². The summed E-state index contributed by atoms with van der Waals surface area (Å²) >= 11 is 0. The van der Waals surface area contributed by atoms with Crippen molar-refractivity contribution in [1.29, 1.82) is 0 Å². The van der Waals surface area contributed by atoms with Crippen molar-refractivity contribution in [3.8, 4) is 0 Å². The lowest BCUT2D eigenvalue weighted by molar-refractivity contribution is -0.312. The minimum Gasteiger partial charge on any atom is -0.463 e. The van der Waals surface area contributed by atoms with Crippen molar-refractivity contribution in [2.24, 2.45) is 0 Å². The summed E-state index contributed by atoms with van der Waals surface area (Å²) in [5.41, 5.74) is 0.639. The van der Waals surface area contributed by atoms with Gasteiger partial charge >= 0.3 is 71.6 Å². The molecule has 0 spiro atoms. The fourth-order valence-corrected chi connectivity index (χ4v) is 8.54. The maximum atomic E-state index is 12.7. The SMILES string of the molecule is CC(=O)OC[C@H]1O[C@H](OCc2ccc(CO[C@H]3O[C@H](COC(C)=O)[C@@H](OC(C)=O)[C@H](OC(C)=O)[C@@H]3OC(C)=O)c(CO[C@H]3O[C@H](COC(C)=O)[C@@H](OC(C)=O)[C@H](OC(C)=O)[C@@H]3OC(C)=O)c2)[C@@H](OC(C)=O)[C@@H](OC(C)=O)[C@@H]1OC(C)=O. The molecule has 0 saturated carbocycles. The van der Waals surface area contributed by atoms with Crippen molar-refractivity contribution >= 4 is 71.6 Å². The Hall–Kier alpha value is -7.38. The Morgan fingerprint density at radius 1 is 0.309 bits per heavy atom. The number of carbonyl (C=O) groups excluding carboxylic acids is 12. The molecule has 3 fully saturated rings. The maximum Gasteiger partial charge on any atom is 0.303 e. The molecular weight excluding hydrogens is 1090 g/mol. The molecule has 3 aliphatic heterocycles. The Bertz CT molecular complexity index is 2460. The van der Waals surface area contributed by atoms with E-state index in [4.69, 9.17) is 85.3 Å². The van der Waals surface area contributed by atoms with E-state index in [0.29, 0.717) is 0 Å². The van der Waals surface area contributed by atoms with E-state index < -0.39 is 203 Å². The van der Waals surface area contributed by atoms with Gasteiger partial charge in [0.15, 0.2) is 73.8 Å². The van der Waals surface area contributed by atoms with Gasteiger partial charge < -0.3 is 85.3 Å². The Morgan fingerprint density at radius 3 is 0.827 bits per heavy atom. The molecule has 30 heteroatoms. The third kappa shape index (κ3) is 20.9. The maximum absolute atomic E-state index is 12.7. The fourth-order valence-electron chi connectivity index (χ4n) is 8.54. The summed E-state index contributed by atoms with van der Waals surface area (Å²) in [6, 6.07) is 4.44. The van der Waals surface area contributed by atoms with Gasteiger partial charge in [-0.2, -0.15) is 0 Å². The van der Waals surface area contributed by atoms with Crippen LogP contribution >= 0.6 is 0 Å². The van der Waals surface area contributed by atoms with Gasteiger partial charge in [0.25, 0.3) is 0 Å². The van der Waals surface area contributed by atoms with Crippen LogP contribution in [0.15, 0.2) is 18.2 Å². The molecule has 4 rings (SSSR count). The van der Waals surface area contributed by atoms with E-state index in [0.717, 1.165) is 83.1 Å². The van der Waals surface area contributed by atoms with Crippen LogP contribution in [-0.2, 0) is 163 Å². The standard InChI is InChI=1S/C51H66O30/c1-22(52)64-19-37-40(70-25(4)55)43(73-28(7)58)46(76-31(10)61)49(79-37)67-16-34-13-14-35(17-68-50-47(77-32(11)62)44(74-29(8)59)41(71-26(5)56)38(80-50)20-65-23(2)53)36(15-34)18-69-51-48(78-33(12)63)45(75-30(9)60)42(72-27(6)57)39(81-51)21-66-24(3)54/h13-15,37-51H,16-21H2,1-12H3/t37-,38-,39-,40-,41-,42-,43+,44+,45+,46+,47+,48+,49+,50+,51+/m1/s1. The normalized spacial score (nSPS) is 27.8. The van der Waals surface area contributed by atoms with Crippen molar-refractivity contribution in [2.45, 2.75) is 195 Å².